The van der Waals surface area contributed by atoms with Crippen LogP contribution in [0.15, 0.2) is 0 Å². The predicted octanol–water partition coefficient (Wildman–Crippen LogP) is -0.0288. The van der Waals surface area contributed by atoms with E-state index in [1.807, 2.05) is 0 Å². The molecular weight excluding hydrogens is 232 g/mol. The fourth-order valence-corrected chi connectivity index (χ4v) is 2.45. The van der Waals surface area contributed by atoms with Gasteiger partial charge in [-0.15, -0.1) is 0 Å². The second-order valence-corrected chi connectivity index (χ2v) is 5.54. The lowest BCUT2D eigenvalue weighted by Crippen LogP contribution is -2.43. The molecule has 104 valence electrons. The lowest BCUT2D eigenvalue weighted by molar-refractivity contribution is -0.129. The molecule has 1 aliphatic heterocycles. The van der Waals surface area contributed by atoms with Crippen molar-refractivity contribution in [2.45, 2.75) is 31.8 Å². The van der Waals surface area contributed by atoms with Gasteiger partial charge in [-0.2, -0.15) is 0 Å². The maximum atomic E-state index is 10.9. The minimum atomic E-state index is -0.974. The number of primary amides is 1. The Balaban J connectivity index is 1.56. The Kier molecular flexibility index (Phi) is 4.97. The molecule has 1 amide bonds. The first-order valence-corrected chi connectivity index (χ1v) is 6.94. The van der Waals surface area contributed by atoms with Crippen LogP contribution in [0.5, 0.6) is 0 Å². The summed E-state index contributed by atoms with van der Waals surface area (Å²) in [5.74, 6) is 0.258. The molecule has 0 aromatic carbocycles. The zero-order chi connectivity index (χ0) is 13.0. The molecule has 5 nitrogen and oxygen atoms in total. The Morgan fingerprint density at radius 2 is 2.00 bits per heavy atom. The smallest absolute Gasteiger partial charge is 0.246 e. The quantitative estimate of drug-likeness (QED) is 0.627. The minimum Gasteiger partial charge on any atom is -0.383 e. The van der Waals surface area contributed by atoms with E-state index in [0.717, 1.165) is 51.6 Å². The molecule has 1 atom stereocenters. The fourth-order valence-electron chi connectivity index (χ4n) is 2.45. The number of carbonyl (C=O) groups is 1. The number of likely N-dealkylation sites (tertiary alicyclic amines) is 1. The highest BCUT2D eigenvalue weighted by molar-refractivity contribution is 5.78. The Labute approximate surface area is 108 Å². The summed E-state index contributed by atoms with van der Waals surface area (Å²) in [6, 6.07) is 0. The summed E-state index contributed by atoms with van der Waals surface area (Å²) < 4.78 is 5.61. The van der Waals surface area contributed by atoms with E-state index in [9.17, 15) is 9.90 Å². The maximum absolute atomic E-state index is 10.9. The number of hydrogen-bond acceptors (Lipinski definition) is 4. The summed E-state index contributed by atoms with van der Waals surface area (Å²) in [6.45, 7) is 4.49. The highest BCUT2D eigenvalue weighted by Crippen LogP contribution is 2.28. The number of nitrogens with zero attached hydrogens (tertiary/aromatic N) is 1. The van der Waals surface area contributed by atoms with Crippen molar-refractivity contribution in [3.63, 3.8) is 0 Å². The zero-order valence-corrected chi connectivity index (χ0v) is 10.9. The standard InChI is InChI=1S/C13H24N2O3/c14-13(17)12(16)11-3-5-15(6-4-11)7-8-18-9-10-1-2-10/h10-12,16H,1-9H2,(H2,14,17). The first kappa shape index (κ1) is 13.8. The third kappa shape index (κ3) is 4.23. The summed E-state index contributed by atoms with van der Waals surface area (Å²) >= 11 is 0. The number of hydrogen-bond donors (Lipinski definition) is 2. The summed E-state index contributed by atoms with van der Waals surface area (Å²) in [5, 5.41) is 9.60. The Morgan fingerprint density at radius 3 is 2.56 bits per heavy atom. The molecule has 5 heteroatoms. The van der Waals surface area contributed by atoms with E-state index in [1.165, 1.54) is 12.8 Å². The normalized spacial score (nSPS) is 24.1. The van der Waals surface area contributed by atoms with E-state index in [2.05, 4.69) is 4.90 Å². The van der Waals surface area contributed by atoms with Crippen LogP contribution in [0.1, 0.15) is 25.7 Å². The van der Waals surface area contributed by atoms with Crippen LogP contribution in [0.25, 0.3) is 0 Å². The van der Waals surface area contributed by atoms with Crippen LogP contribution >= 0.6 is 0 Å². The summed E-state index contributed by atoms with van der Waals surface area (Å²) in [7, 11) is 0. The lowest BCUT2D eigenvalue weighted by Gasteiger charge is -2.33. The molecule has 1 unspecified atom stereocenters. The van der Waals surface area contributed by atoms with Gasteiger partial charge in [0.15, 0.2) is 0 Å². The maximum Gasteiger partial charge on any atom is 0.246 e. The van der Waals surface area contributed by atoms with Gasteiger partial charge in [0.1, 0.15) is 6.10 Å². The Morgan fingerprint density at radius 1 is 1.33 bits per heavy atom. The summed E-state index contributed by atoms with van der Waals surface area (Å²) in [6.07, 6.45) is 3.37. The van der Waals surface area contributed by atoms with Crippen molar-refractivity contribution in [1.82, 2.24) is 4.90 Å². The van der Waals surface area contributed by atoms with Crippen LogP contribution in [0.3, 0.4) is 0 Å². The molecule has 0 aromatic heterocycles. The van der Waals surface area contributed by atoms with Crippen LogP contribution < -0.4 is 5.73 Å². The largest absolute Gasteiger partial charge is 0.383 e. The van der Waals surface area contributed by atoms with E-state index in [4.69, 9.17) is 10.5 Å². The first-order chi connectivity index (χ1) is 8.66. The molecular formula is C13H24N2O3. The lowest BCUT2D eigenvalue weighted by atomic mass is 9.91. The molecule has 0 aromatic rings. The van der Waals surface area contributed by atoms with Crippen molar-refractivity contribution < 1.29 is 14.6 Å². The molecule has 18 heavy (non-hydrogen) atoms. The van der Waals surface area contributed by atoms with Gasteiger partial charge in [-0.25, -0.2) is 0 Å². The average Bonchev–Trinajstić information content (AvgIpc) is 3.18. The van der Waals surface area contributed by atoms with Gasteiger partial charge in [0.25, 0.3) is 0 Å². The molecule has 1 saturated heterocycles. The van der Waals surface area contributed by atoms with Crippen molar-refractivity contribution in [2.75, 3.05) is 32.8 Å². The number of piperidine rings is 1. The van der Waals surface area contributed by atoms with Crippen LogP contribution in [0.4, 0.5) is 0 Å². The predicted molar refractivity (Wildman–Crippen MR) is 67.9 cm³/mol. The van der Waals surface area contributed by atoms with Gasteiger partial charge in [-0.05, 0) is 50.6 Å². The van der Waals surface area contributed by atoms with Crippen LogP contribution in [0, 0.1) is 11.8 Å². The number of ether oxygens (including phenoxy) is 1. The van der Waals surface area contributed by atoms with Gasteiger partial charge >= 0.3 is 0 Å². The SMILES string of the molecule is NC(=O)C(O)C1CCN(CCOCC2CC2)CC1. The molecule has 2 aliphatic rings. The van der Waals surface area contributed by atoms with Gasteiger partial charge < -0.3 is 20.5 Å². The second kappa shape index (κ2) is 6.50. The van der Waals surface area contributed by atoms with Gasteiger partial charge in [0.05, 0.1) is 6.61 Å². The molecule has 1 saturated carbocycles. The van der Waals surface area contributed by atoms with Gasteiger partial charge in [-0.1, -0.05) is 0 Å². The molecule has 0 bridgehead atoms. The van der Waals surface area contributed by atoms with Crippen LogP contribution in [-0.4, -0.2) is 54.9 Å². The van der Waals surface area contributed by atoms with Crippen molar-refractivity contribution in [1.29, 1.82) is 0 Å². The Hall–Kier alpha value is -0.650. The van der Waals surface area contributed by atoms with E-state index in [-0.39, 0.29) is 5.92 Å². The number of nitrogens with two attached hydrogens (primary N) is 1. The number of rotatable bonds is 7. The monoisotopic (exact) mass is 256 g/mol. The highest BCUT2D eigenvalue weighted by atomic mass is 16.5. The number of amides is 1. The zero-order valence-electron chi connectivity index (χ0n) is 10.9. The van der Waals surface area contributed by atoms with Gasteiger partial charge in [0, 0.05) is 13.2 Å². The third-order valence-corrected chi connectivity index (χ3v) is 3.97. The third-order valence-electron chi connectivity index (χ3n) is 3.97. The van der Waals surface area contributed by atoms with E-state index < -0.39 is 12.0 Å². The molecule has 1 aliphatic carbocycles. The second-order valence-electron chi connectivity index (χ2n) is 5.54. The van der Waals surface area contributed by atoms with Crippen molar-refractivity contribution >= 4 is 5.91 Å². The molecule has 0 spiro atoms. The van der Waals surface area contributed by atoms with Crippen LogP contribution in [0.2, 0.25) is 0 Å². The minimum absolute atomic E-state index is 0.0335. The number of aliphatic hydroxyl groups excluding tert-OH is 1. The average molecular weight is 256 g/mol. The number of carbonyl (C=O) groups excluding carboxylic acids is 1. The molecule has 2 rings (SSSR count). The van der Waals surface area contributed by atoms with Crippen molar-refractivity contribution in [3.05, 3.63) is 0 Å². The van der Waals surface area contributed by atoms with Gasteiger partial charge in [-0.3, -0.25) is 4.79 Å². The van der Waals surface area contributed by atoms with Crippen LogP contribution in [-0.2, 0) is 9.53 Å². The van der Waals surface area contributed by atoms with E-state index >= 15 is 0 Å². The van der Waals surface area contributed by atoms with E-state index in [0.29, 0.717) is 0 Å². The van der Waals surface area contributed by atoms with Crippen molar-refractivity contribution in [2.24, 2.45) is 17.6 Å². The number of aliphatic hydroxyl groups is 1. The molecule has 1 heterocycles. The fraction of sp³-hybridized carbons (Fsp3) is 0.923. The molecule has 0 radical (unpaired) electrons. The van der Waals surface area contributed by atoms with Crippen molar-refractivity contribution in [3.8, 4) is 0 Å². The van der Waals surface area contributed by atoms with E-state index in [1.54, 1.807) is 0 Å². The topological polar surface area (TPSA) is 75.8 Å². The molecule has 2 fully saturated rings. The highest BCUT2D eigenvalue weighted by Gasteiger charge is 2.28. The van der Waals surface area contributed by atoms with Gasteiger partial charge in [0.2, 0.25) is 5.91 Å². The summed E-state index contributed by atoms with van der Waals surface area (Å²) in [4.78, 5) is 13.2. The molecule has 3 N–H and O–H groups in total. The first-order valence-electron chi connectivity index (χ1n) is 6.94. The summed E-state index contributed by atoms with van der Waals surface area (Å²) in [5.41, 5.74) is 5.11. The Bertz CT molecular complexity index is 273.